The average molecular weight is 483 g/mol. The van der Waals surface area contributed by atoms with Gasteiger partial charge in [0.15, 0.2) is 0 Å². The number of aliphatic hydroxyl groups is 1. The zero-order chi connectivity index (χ0) is 25.3. The summed E-state index contributed by atoms with van der Waals surface area (Å²) in [4.78, 5) is 27.3. The summed E-state index contributed by atoms with van der Waals surface area (Å²) in [6.07, 6.45) is -4.94. The van der Waals surface area contributed by atoms with Crippen molar-refractivity contribution < 1.29 is 37.3 Å². The molecule has 1 amide bonds. The van der Waals surface area contributed by atoms with E-state index >= 15 is 0 Å². The van der Waals surface area contributed by atoms with Gasteiger partial charge in [0, 0.05) is 17.3 Å². The second-order valence-electron chi connectivity index (χ2n) is 7.85. The van der Waals surface area contributed by atoms with Crippen molar-refractivity contribution in [2.24, 2.45) is 0 Å². The number of hydrogen-bond donors (Lipinski definition) is 1. The van der Waals surface area contributed by atoms with E-state index in [-0.39, 0.29) is 11.3 Å². The number of carbonyl (C=O) groups is 2. The van der Waals surface area contributed by atoms with Crippen molar-refractivity contribution in [1.29, 1.82) is 0 Å². The molecule has 1 heterocycles. The highest BCUT2D eigenvalue weighted by molar-refractivity contribution is 6.51. The van der Waals surface area contributed by atoms with Gasteiger partial charge in [-0.25, -0.2) is 0 Å². The van der Waals surface area contributed by atoms with E-state index in [1.807, 2.05) is 6.92 Å². The molecule has 0 spiro atoms. The lowest BCUT2D eigenvalue weighted by Gasteiger charge is -2.26. The molecule has 1 atom stereocenters. The lowest BCUT2D eigenvalue weighted by Crippen LogP contribution is -2.29. The quantitative estimate of drug-likeness (QED) is 0.294. The van der Waals surface area contributed by atoms with Gasteiger partial charge in [0.25, 0.3) is 11.7 Å². The fourth-order valence-corrected chi connectivity index (χ4v) is 3.90. The van der Waals surface area contributed by atoms with Crippen LogP contribution in [0.15, 0.2) is 78.4 Å². The molecule has 0 radical (unpaired) electrons. The van der Waals surface area contributed by atoms with Crippen molar-refractivity contribution in [3.05, 3.63) is 95.1 Å². The van der Waals surface area contributed by atoms with Crippen molar-refractivity contribution in [3.8, 4) is 11.5 Å². The molecular formula is C26H20F3NO5. The summed E-state index contributed by atoms with van der Waals surface area (Å²) in [6.45, 7) is 1.86. The zero-order valence-corrected chi connectivity index (χ0v) is 18.7. The van der Waals surface area contributed by atoms with E-state index in [1.54, 1.807) is 48.5 Å². The minimum absolute atomic E-state index is 0.00220. The molecule has 1 fully saturated rings. The molecule has 6 nitrogen and oxygen atoms in total. The highest BCUT2D eigenvalue weighted by Gasteiger charge is 2.47. The molecule has 0 aliphatic carbocycles. The Morgan fingerprint density at radius 1 is 0.943 bits per heavy atom. The van der Waals surface area contributed by atoms with Gasteiger partial charge in [-0.2, -0.15) is 0 Å². The van der Waals surface area contributed by atoms with Crippen molar-refractivity contribution in [3.63, 3.8) is 0 Å². The van der Waals surface area contributed by atoms with Crippen molar-refractivity contribution in [2.75, 3.05) is 12.0 Å². The van der Waals surface area contributed by atoms with E-state index in [0.29, 0.717) is 16.9 Å². The lowest BCUT2D eigenvalue weighted by molar-refractivity contribution is -0.274. The van der Waals surface area contributed by atoms with E-state index < -0.39 is 35.6 Å². The van der Waals surface area contributed by atoms with Crippen LogP contribution in [0.2, 0.25) is 0 Å². The Labute approximate surface area is 198 Å². The number of anilines is 1. The Morgan fingerprint density at radius 3 is 2.20 bits per heavy atom. The Morgan fingerprint density at radius 2 is 1.60 bits per heavy atom. The number of methoxy groups -OCH3 is 1. The molecule has 0 aromatic heterocycles. The van der Waals surface area contributed by atoms with Gasteiger partial charge in [0.05, 0.1) is 18.7 Å². The Bertz CT molecular complexity index is 1300. The van der Waals surface area contributed by atoms with Gasteiger partial charge < -0.3 is 14.6 Å². The first-order chi connectivity index (χ1) is 16.6. The van der Waals surface area contributed by atoms with Crippen LogP contribution < -0.4 is 14.4 Å². The number of hydrogen-bond acceptors (Lipinski definition) is 5. The van der Waals surface area contributed by atoms with E-state index in [0.717, 1.165) is 22.6 Å². The summed E-state index contributed by atoms with van der Waals surface area (Å²) in [6, 6.07) is 16.8. The SMILES string of the molecule is COc1ccc(C2/C(=C(\O)c3ccc(C)cc3)C(=O)C(=O)N2c2cccc(OC(F)(F)F)c2)cc1. The fraction of sp³-hybridized carbons (Fsp3) is 0.154. The largest absolute Gasteiger partial charge is 0.573 e. The third-order valence-corrected chi connectivity index (χ3v) is 5.53. The van der Waals surface area contributed by atoms with Crippen LogP contribution in [0.5, 0.6) is 11.5 Å². The number of amides is 1. The summed E-state index contributed by atoms with van der Waals surface area (Å²) in [5.74, 6) is -2.39. The number of aliphatic hydroxyl groups excluding tert-OH is 1. The number of ether oxygens (including phenoxy) is 2. The normalized spacial score (nSPS) is 17.5. The molecule has 0 bridgehead atoms. The first-order valence-electron chi connectivity index (χ1n) is 10.5. The number of aryl methyl sites for hydroxylation is 1. The molecule has 1 saturated heterocycles. The van der Waals surface area contributed by atoms with Gasteiger partial charge >= 0.3 is 6.36 Å². The Hall–Kier alpha value is -4.27. The molecule has 0 saturated carbocycles. The summed E-state index contributed by atoms with van der Waals surface area (Å²) in [5.41, 5.74) is 1.50. The predicted octanol–water partition coefficient (Wildman–Crippen LogP) is 5.53. The standard InChI is InChI=1S/C26H20F3NO5/c1-15-6-8-17(9-7-15)23(31)21-22(16-10-12-19(34-2)13-11-16)30(25(33)24(21)32)18-4-3-5-20(14-18)35-26(27,28)29/h3-14,22,31H,1-2H3/b23-21+. The smallest absolute Gasteiger partial charge is 0.507 e. The van der Waals surface area contributed by atoms with Crippen molar-refractivity contribution >= 4 is 23.1 Å². The average Bonchev–Trinajstić information content (AvgIpc) is 3.08. The summed E-state index contributed by atoms with van der Waals surface area (Å²) >= 11 is 0. The number of benzene rings is 3. The molecule has 1 aliphatic rings. The molecule has 1 unspecified atom stereocenters. The van der Waals surface area contributed by atoms with E-state index in [4.69, 9.17) is 4.74 Å². The van der Waals surface area contributed by atoms with Crippen LogP contribution in [0.25, 0.3) is 5.76 Å². The molecule has 35 heavy (non-hydrogen) atoms. The van der Waals surface area contributed by atoms with E-state index in [9.17, 15) is 27.9 Å². The second kappa shape index (κ2) is 9.17. The molecule has 3 aromatic rings. The topological polar surface area (TPSA) is 76.1 Å². The number of nitrogens with zero attached hydrogens (tertiary/aromatic N) is 1. The minimum atomic E-state index is -4.94. The predicted molar refractivity (Wildman–Crippen MR) is 122 cm³/mol. The zero-order valence-electron chi connectivity index (χ0n) is 18.7. The Balaban J connectivity index is 1.89. The lowest BCUT2D eigenvalue weighted by atomic mass is 9.95. The third-order valence-electron chi connectivity index (χ3n) is 5.53. The van der Waals surface area contributed by atoms with Gasteiger partial charge in [0.1, 0.15) is 17.3 Å². The maximum atomic E-state index is 13.2. The maximum absolute atomic E-state index is 13.2. The van der Waals surface area contributed by atoms with Crippen LogP contribution in [-0.2, 0) is 9.59 Å². The van der Waals surface area contributed by atoms with Crippen LogP contribution in [0, 0.1) is 6.92 Å². The second-order valence-corrected chi connectivity index (χ2v) is 7.85. The number of rotatable bonds is 5. The number of alkyl halides is 3. The van der Waals surface area contributed by atoms with Crippen LogP contribution >= 0.6 is 0 Å². The van der Waals surface area contributed by atoms with Gasteiger partial charge in [-0.05, 0) is 36.8 Å². The highest BCUT2D eigenvalue weighted by atomic mass is 19.4. The van der Waals surface area contributed by atoms with Crippen LogP contribution in [0.4, 0.5) is 18.9 Å². The summed E-state index contributed by atoms with van der Waals surface area (Å²) in [5, 5.41) is 11.1. The molecule has 180 valence electrons. The van der Waals surface area contributed by atoms with Crippen LogP contribution in [0.3, 0.4) is 0 Å². The van der Waals surface area contributed by atoms with E-state index in [1.165, 1.54) is 19.2 Å². The monoisotopic (exact) mass is 483 g/mol. The first-order valence-corrected chi connectivity index (χ1v) is 10.5. The number of Topliss-reactive ketones (excluding diaryl/α,β-unsaturated/α-hetero) is 1. The molecule has 1 aliphatic heterocycles. The van der Waals surface area contributed by atoms with Gasteiger partial charge in [-0.15, -0.1) is 13.2 Å². The van der Waals surface area contributed by atoms with Gasteiger partial charge in [0.2, 0.25) is 0 Å². The fourth-order valence-electron chi connectivity index (χ4n) is 3.90. The summed E-state index contributed by atoms with van der Waals surface area (Å²) in [7, 11) is 1.48. The van der Waals surface area contributed by atoms with Crippen LogP contribution in [0.1, 0.15) is 22.7 Å². The van der Waals surface area contributed by atoms with Gasteiger partial charge in [-0.1, -0.05) is 48.0 Å². The first kappa shape index (κ1) is 23.9. The molecule has 1 N–H and O–H groups in total. The molecule has 3 aromatic carbocycles. The van der Waals surface area contributed by atoms with Gasteiger partial charge in [-0.3, -0.25) is 14.5 Å². The molecular weight excluding hydrogens is 463 g/mol. The third kappa shape index (κ3) is 4.84. The molecule has 9 heteroatoms. The number of ketones is 1. The van der Waals surface area contributed by atoms with Crippen molar-refractivity contribution in [1.82, 2.24) is 0 Å². The van der Waals surface area contributed by atoms with Crippen LogP contribution in [-0.4, -0.2) is 30.3 Å². The minimum Gasteiger partial charge on any atom is -0.507 e. The molecule has 4 rings (SSSR count). The Kier molecular flexibility index (Phi) is 6.26. The number of halogens is 3. The number of carbonyl (C=O) groups excluding carboxylic acids is 2. The van der Waals surface area contributed by atoms with E-state index in [2.05, 4.69) is 4.74 Å². The summed E-state index contributed by atoms with van der Waals surface area (Å²) < 4.78 is 47.5. The highest BCUT2D eigenvalue weighted by Crippen LogP contribution is 2.43. The van der Waals surface area contributed by atoms with Crippen molar-refractivity contribution in [2.45, 2.75) is 19.3 Å². The maximum Gasteiger partial charge on any atom is 0.573 e.